The first-order valence-corrected chi connectivity index (χ1v) is 4.43. The summed E-state index contributed by atoms with van der Waals surface area (Å²) in [5.41, 5.74) is -0.164. The molecule has 1 fully saturated rings. The summed E-state index contributed by atoms with van der Waals surface area (Å²) < 4.78 is 1.63. The number of aryl methyl sites for hydroxylation is 1. The number of aldehydes is 1. The average Bonchev–Trinajstić information content (AvgIpc) is 2.44. The van der Waals surface area contributed by atoms with Gasteiger partial charge >= 0.3 is 0 Å². The van der Waals surface area contributed by atoms with Crippen molar-refractivity contribution in [1.29, 1.82) is 0 Å². The van der Waals surface area contributed by atoms with Gasteiger partial charge in [0.05, 0.1) is 0 Å². The number of tetrazole rings is 1. The number of nitrogens with zero attached hydrogens (tertiary/aromatic N) is 4. The van der Waals surface area contributed by atoms with Crippen molar-refractivity contribution in [2.45, 2.75) is 25.7 Å². The van der Waals surface area contributed by atoms with Crippen molar-refractivity contribution in [1.82, 2.24) is 20.2 Å². The number of rotatable bonds is 3. The van der Waals surface area contributed by atoms with E-state index in [1.54, 1.807) is 11.7 Å². The van der Waals surface area contributed by atoms with Gasteiger partial charge in [-0.2, -0.15) is 0 Å². The molecule has 5 heteroatoms. The second-order valence-electron chi connectivity index (χ2n) is 3.73. The molecule has 1 aromatic heterocycles. The first-order chi connectivity index (χ1) is 6.26. The molecule has 0 N–H and O–H groups in total. The summed E-state index contributed by atoms with van der Waals surface area (Å²) >= 11 is 0. The lowest BCUT2D eigenvalue weighted by molar-refractivity contribution is -0.120. The molecule has 13 heavy (non-hydrogen) atoms. The lowest BCUT2D eigenvalue weighted by Gasteiger charge is -2.35. The van der Waals surface area contributed by atoms with Crippen LogP contribution in [0.15, 0.2) is 0 Å². The molecule has 0 aromatic carbocycles. The van der Waals surface area contributed by atoms with Crippen molar-refractivity contribution in [3.05, 3.63) is 5.82 Å². The third-order valence-corrected chi connectivity index (χ3v) is 2.82. The van der Waals surface area contributed by atoms with Crippen LogP contribution in [0.3, 0.4) is 0 Å². The minimum Gasteiger partial charge on any atom is -0.303 e. The molecule has 70 valence electrons. The molecule has 0 atom stereocenters. The van der Waals surface area contributed by atoms with Gasteiger partial charge in [-0.25, -0.2) is 4.68 Å². The summed E-state index contributed by atoms with van der Waals surface area (Å²) in [6, 6.07) is 0. The Morgan fingerprint density at radius 1 is 1.62 bits per heavy atom. The molecular formula is C8H12N4O. The Labute approximate surface area is 76.1 Å². The molecule has 0 unspecified atom stereocenters. The maximum Gasteiger partial charge on any atom is 0.151 e. The zero-order valence-corrected chi connectivity index (χ0v) is 7.60. The largest absolute Gasteiger partial charge is 0.303 e. The fourth-order valence-corrected chi connectivity index (χ4v) is 1.68. The third kappa shape index (κ3) is 1.34. The van der Waals surface area contributed by atoms with E-state index in [1.165, 1.54) is 0 Å². The maximum absolute atomic E-state index is 10.9. The van der Waals surface area contributed by atoms with Gasteiger partial charge in [0.1, 0.15) is 6.29 Å². The van der Waals surface area contributed by atoms with E-state index in [0.717, 1.165) is 31.4 Å². The second-order valence-corrected chi connectivity index (χ2v) is 3.73. The quantitative estimate of drug-likeness (QED) is 0.620. The third-order valence-electron chi connectivity index (χ3n) is 2.82. The van der Waals surface area contributed by atoms with Crippen LogP contribution in [0.5, 0.6) is 0 Å². The van der Waals surface area contributed by atoms with Gasteiger partial charge in [-0.15, -0.1) is 5.10 Å². The molecule has 1 heterocycles. The van der Waals surface area contributed by atoms with E-state index in [4.69, 9.17) is 0 Å². The number of carbonyl (C=O) groups is 1. The Morgan fingerprint density at radius 2 is 2.38 bits per heavy atom. The normalized spacial score (nSPS) is 19.5. The highest BCUT2D eigenvalue weighted by atomic mass is 16.1. The smallest absolute Gasteiger partial charge is 0.151 e. The van der Waals surface area contributed by atoms with Crippen LogP contribution < -0.4 is 0 Å². The molecule has 1 aromatic rings. The van der Waals surface area contributed by atoms with Gasteiger partial charge in [-0.1, -0.05) is 6.42 Å². The van der Waals surface area contributed by atoms with E-state index in [0.29, 0.717) is 6.42 Å². The summed E-state index contributed by atoms with van der Waals surface area (Å²) in [6.07, 6.45) is 4.84. The first-order valence-electron chi connectivity index (χ1n) is 4.43. The lowest BCUT2D eigenvalue weighted by Crippen LogP contribution is -2.34. The molecule has 2 rings (SSSR count). The predicted molar refractivity (Wildman–Crippen MR) is 44.9 cm³/mol. The fourth-order valence-electron chi connectivity index (χ4n) is 1.68. The summed E-state index contributed by atoms with van der Waals surface area (Å²) in [7, 11) is 1.80. The molecule has 5 nitrogen and oxygen atoms in total. The van der Waals surface area contributed by atoms with Crippen molar-refractivity contribution in [2.75, 3.05) is 0 Å². The standard InChI is InChI=1S/C8H12N4O/c1-12-7(9-10-11-12)5-8(6-13)3-2-4-8/h6H,2-5H2,1H3. The molecule has 0 saturated heterocycles. The van der Waals surface area contributed by atoms with Crippen molar-refractivity contribution >= 4 is 6.29 Å². The molecule has 0 bridgehead atoms. The summed E-state index contributed by atoms with van der Waals surface area (Å²) in [4.78, 5) is 10.9. The van der Waals surface area contributed by atoms with Crippen LogP contribution in [0.2, 0.25) is 0 Å². The van der Waals surface area contributed by atoms with Crippen molar-refractivity contribution in [3.63, 3.8) is 0 Å². The van der Waals surface area contributed by atoms with Crippen molar-refractivity contribution < 1.29 is 4.79 Å². The predicted octanol–water partition coefficient (Wildman–Crippen LogP) is 0.122. The molecule has 0 amide bonds. The minimum atomic E-state index is -0.164. The highest BCUT2D eigenvalue weighted by molar-refractivity contribution is 5.61. The maximum atomic E-state index is 10.9. The molecule has 0 spiro atoms. The van der Waals surface area contributed by atoms with Crippen LogP contribution >= 0.6 is 0 Å². The summed E-state index contributed by atoms with van der Waals surface area (Å²) in [5.74, 6) is 0.798. The van der Waals surface area contributed by atoms with Gasteiger partial charge in [-0.05, 0) is 23.3 Å². The Bertz CT molecular complexity index is 316. The zero-order valence-electron chi connectivity index (χ0n) is 7.60. The van der Waals surface area contributed by atoms with E-state index >= 15 is 0 Å². The zero-order chi connectivity index (χ0) is 9.31. The Hall–Kier alpha value is -1.26. The molecule has 1 aliphatic carbocycles. The molecule has 1 saturated carbocycles. The van der Waals surface area contributed by atoms with Gasteiger partial charge in [-0.3, -0.25) is 0 Å². The fraction of sp³-hybridized carbons (Fsp3) is 0.750. The molecule has 0 aliphatic heterocycles. The van der Waals surface area contributed by atoms with Gasteiger partial charge in [0.15, 0.2) is 5.82 Å². The molecule has 0 radical (unpaired) electrons. The van der Waals surface area contributed by atoms with Crippen molar-refractivity contribution in [2.24, 2.45) is 12.5 Å². The van der Waals surface area contributed by atoms with E-state index in [2.05, 4.69) is 15.5 Å². The SMILES string of the molecule is Cn1nnnc1CC1(C=O)CCC1. The van der Waals surface area contributed by atoms with Crippen LogP contribution in [0, 0.1) is 5.41 Å². The second kappa shape index (κ2) is 2.90. The minimum absolute atomic E-state index is 0.164. The highest BCUT2D eigenvalue weighted by Gasteiger charge is 2.38. The van der Waals surface area contributed by atoms with E-state index in [9.17, 15) is 4.79 Å². The highest BCUT2D eigenvalue weighted by Crippen LogP contribution is 2.41. The topological polar surface area (TPSA) is 60.7 Å². The van der Waals surface area contributed by atoms with E-state index in [-0.39, 0.29) is 5.41 Å². The lowest BCUT2D eigenvalue weighted by atomic mass is 9.68. The van der Waals surface area contributed by atoms with E-state index < -0.39 is 0 Å². The van der Waals surface area contributed by atoms with Crippen LogP contribution in [0.1, 0.15) is 25.1 Å². The number of aromatic nitrogens is 4. The van der Waals surface area contributed by atoms with E-state index in [1.807, 2.05) is 0 Å². The molecule has 1 aliphatic rings. The van der Waals surface area contributed by atoms with Crippen molar-refractivity contribution in [3.8, 4) is 0 Å². The number of hydrogen-bond donors (Lipinski definition) is 0. The summed E-state index contributed by atoms with van der Waals surface area (Å²) in [6.45, 7) is 0. The number of carbonyl (C=O) groups excluding carboxylic acids is 1. The Kier molecular flexibility index (Phi) is 1.86. The van der Waals surface area contributed by atoms with Gasteiger partial charge < -0.3 is 4.79 Å². The van der Waals surface area contributed by atoms with Gasteiger partial charge in [0.2, 0.25) is 0 Å². The van der Waals surface area contributed by atoms with Gasteiger partial charge in [0, 0.05) is 18.9 Å². The van der Waals surface area contributed by atoms with Crippen LogP contribution in [-0.4, -0.2) is 26.5 Å². The Balaban J connectivity index is 2.13. The monoisotopic (exact) mass is 180 g/mol. The van der Waals surface area contributed by atoms with Crippen LogP contribution in [0.4, 0.5) is 0 Å². The van der Waals surface area contributed by atoms with Crippen LogP contribution in [0.25, 0.3) is 0 Å². The Morgan fingerprint density at radius 3 is 2.77 bits per heavy atom. The molecular weight excluding hydrogens is 168 g/mol. The van der Waals surface area contributed by atoms with Crippen LogP contribution in [-0.2, 0) is 18.3 Å². The van der Waals surface area contributed by atoms with Gasteiger partial charge in [0.25, 0.3) is 0 Å². The summed E-state index contributed by atoms with van der Waals surface area (Å²) in [5, 5.41) is 11.2. The number of hydrogen-bond acceptors (Lipinski definition) is 4. The first kappa shape index (κ1) is 8.34. The average molecular weight is 180 g/mol.